The molecule has 2 aliphatic heterocycles. The number of carbonyl (C=O) groups is 16. The highest BCUT2D eigenvalue weighted by Crippen LogP contribution is 2.49. The molecular weight excluding hydrogens is 1670 g/mol. The van der Waals surface area contributed by atoms with Crippen molar-refractivity contribution in [2.45, 2.75) is 156 Å². The fourth-order valence-electron chi connectivity index (χ4n) is 15.5. The molecule has 0 fully saturated rings. The number of fused-ring (bicyclic) bond motifs is 8. The molecule has 0 unspecified atom stereocenters. The topological polar surface area (TPSA) is 699 Å². The Balaban J connectivity index is 1.81. The van der Waals surface area contributed by atoms with E-state index in [9.17, 15) is 158 Å². The van der Waals surface area contributed by atoms with Gasteiger partial charge in [0, 0.05) is 91.7 Å². The van der Waals surface area contributed by atoms with Crippen molar-refractivity contribution in [3.05, 3.63) is 162 Å². The van der Waals surface area contributed by atoms with Crippen molar-refractivity contribution in [1.82, 2.24) is 19.9 Å². The maximum Gasteiger partial charge on any atom is 0.0737 e. The molecule has 0 amide bonds. The third-order valence-electron chi connectivity index (χ3n) is 22.4. The molecule has 9 rings (SSSR count). The van der Waals surface area contributed by atoms with Gasteiger partial charge in [0.15, 0.2) is 0 Å². The number of benzene rings is 4. The van der Waals surface area contributed by atoms with E-state index in [1.54, 1.807) is 83.1 Å². The minimum atomic E-state index is -2.71. The zero-order valence-electron chi connectivity index (χ0n) is 70.5. The summed E-state index contributed by atoms with van der Waals surface area (Å²) in [6.45, 7) is 18.7. The molecule has 7 aromatic rings. The first-order valence-electron chi connectivity index (χ1n) is 39.4. The molecule has 0 radical (unpaired) electrons. The van der Waals surface area contributed by atoms with Gasteiger partial charge in [0.2, 0.25) is 0 Å². The van der Waals surface area contributed by atoms with E-state index in [0.29, 0.717) is 0 Å². The number of carboxylic acids is 16. The Hall–Kier alpha value is -15.0. The van der Waals surface area contributed by atoms with Crippen LogP contribution in [-0.4, -0.2) is 115 Å². The van der Waals surface area contributed by atoms with Gasteiger partial charge >= 0.3 is 0 Å². The molecule has 0 saturated heterocycles. The molecule has 2 aliphatic rings. The number of hydrogen-bond donors (Lipinski definition) is 2. The zero-order chi connectivity index (χ0) is 95.8. The van der Waals surface area contributed by atoms with Crippen molar-refractivity contribution in [1.29, 1.82) is 0 Å². The van der Waals surface area contributed by atoms with Crippen molar-refractivity contribution in [2.24, 2.45) is 47.3 Å². The van der Waals surface area contributed by atoms with Crippen LogP contribution in [0.25, 0.3) is 90.9 Å². The average molecular weight is 1750 g/mol. The SMILES string of the molecule is CC(C)(C)c1cc(CC(C(=O)[O-])C(=O)[O-])c(-c2c3nc(c(-c4c(CC(C(=O)[O-])C(=O)[O-])cc(C(C)(C)C)cc4CC(C(=O)[O-])C(=O)[O-])c4ccc([nH]4)c(-c4c(CC(C(=O)[O-])C(=O)[O-])cc(C(C)(C)C)cc4CC(C(=O)[O-])C(=O)[O-])c4nc(c(-c5c(CC(C(=O)[O-])C(=O)[O-])cc(C(C)(C)C)cc5CC(C(=O)[O-])C(=O)[O-])c5ccc2[nH]5)C=C4)C=C3)c(CC(C(=O)[O-])C(=O)[O-])c1. The van der Waals surface area contributed by atoms with Gasteiger partial charge in [-0.05, 0) is 211 Å². The van der Waals surface area contributed by atoms with Crippen molar-refractivity contribution >= 4 is 142 Å². The van der Waals surface area contributed by atoms with E-state index in [1.165, 1.54) is 48.5 Å². The minimum absolute atomic E-state index is 0.0742. The van der Waals surface area contributed by atoms with Crippen LogP contribution in [0.4, 0.5) is 0 Å². The standard InChI is InChI=1S/C92H94N4O32/c1-89(2,3)45-21-37(29-49(73(97)98)74(99)100)65(38(22-45)30-50(75(101)102)76(103)104)69-57-13-15-59(93-57)70(66-39(31-51(77(105)106)78(107)108)23-46(90(4,5)6)24-40(66)32-52(79(109)110)80(111)112)61-17-19-63(95-61)72(68-43(35-55(85(121)122)86(123)124)27-48(92(10,11)12)28-44(68)36-56(87(125)126)88(127)128)64-20-18-62(96-64)71(60-16-14-58(69)94-60)67-41(33-53(81(113)114)82(115)116)25-47(91(7,8)9)26-42(67)34-54(83(117)118)84(119)120/h13-28,49-56,93,96H,29-36H2,1-12H3,(H,97,98)(H,99,100)(H,101,102)(H,103,104)(H,105,106)(H,107,108)(H,109,110)(H,111,112)(H,113,114)(H,115,116)(H,117,118)(H,119,120)(H,121,122)(H,123,124)(H,125,126)(H,127,128)/p-16. The smallest absolute Gasteiger partial charge is 0.0737 e. The van der Waals surface area contributed by atoms with Crippen molar-refractivity contribution in [2.75, 3.05) is 0 Å². The van der Waals surface area contributed by atoms with Gasteiger partial charge in [0.05, 0.1) is 118 Å². The summed E-state index contributed by atoms with van der Waals surface area (Å²) in [6.07, 6.45) is -5.62. The van der Waals surface area contributed by atoms with Crippen LogP contribution in [0.3, 0.4) is 0 Å². The molecule has 674 valence electrons. The molecule has 0 atom stereocenters. The van der Waals surface area contributed by atoms with Crippen molar-refractivity contribution in [3.63, 3.8) is 0 Å². The summed E-state index contributed by atoms with van der Waals surface area (Å²) in [5.74, 6) is -58.7. The molecule has 0 aliphatic carbocycles. The zero-order valence-corrected chi connectivity index (χ0v) is 70.5. The Morgan fingerprint density at radius 3 is 0.438 bits per heavy atom. The molecule has 36 nitrogen and oxygen atoms in total. The lowest BCUT2D eigenvalue weighted by Gasteiger charge is -2.29. The number of carboxylic acid groups (broad SMARTS) is 16. The Morgan fingerprint density at radius 2 is 0.336 bits per heavy atom. The van der Waals surface area contributed by atoms with Gasteiger partial charge in [-0.3, -0.25) is 0 Å². The number of aliphatic carboxylic acids is 16. The normalized spacial score (nSPS) is 12.4. The number of carbonyl (C=O) groups excluding carboxylic acids is 16. The third-order valence-corrected chi connectivity index (χ3v) is 22.4. The van der Waals surface area contributed by atoms with Gasteiger partial charge in [-0.25, -0.2) is 9.97 Å². The van der Waals surface area contributed by atoms with Crippen LogP contribution in [0.2, 0.25) is 0 Å². The summed E-state index contributed by atoms with van der Waals surface area (Å²) in [5.41, 5.74) is -16.6. The molecule has 0 saturated carbocycles. The van der Waals surface area contributed by atoms with Gasteiger partial charge in [0.1, 0.15) is 0 Å². The summed E-state index contributed by atoms with van der Waals surface area (Å²) >= 11 is 0. The van der Waals surface area contributed by atoms with E-state index < -0.39 is 350 Å². The highest BCUT2D eigenvalue weighted by molar-refractivity contribution is 6.06. The van der Waals surface area contributed by atoms with E-state index in [0.717, 1.165) is 48.6 Å². The monoisotopic (exact) mass is 1750 g/mol. The summed E-state index contributed by atoms with van der Waals surface area (Å²) in [7, 11) is 0. The van der Waals surface area contributed by atoms with Gasteiger partial charge in [-0.1, -0.05) is 132 Å². The maximum absolute atomic E-state index is 13.2. The summed E-state index contributed by atoms with van der Waals surface area (Å²) in [4.78, 5) is 228. The fraction of sp³-hybridized carbons (Fsp3) is 0.348. The number of H-pyrrole nitrogens is 2. The first kappa shape index (κ1) is 96.8. The highest BCUT2D eigenvalue weighted by Gasteiger charge is 2.36. The second-order valence-corrected chi connectivity index (χ2v) is 35.3. The first-order chi connectivity index (χ1) is 59.2. The fourth-order valence-corrected chi connectivity index (χ4v) is 15.5. The molecule has 128 heavy (non-hydrogen) atoms. The van der Waals surface area contributed by atoms with Crippen LogP contribution < -0.4 is 81.7 Å². The van der Waals surface area contributed by atoms with Crippen LogP contribution in [0, 0.1) is 47.3 Å². The van der Waals surface area contributed by atoms with Crippen molar-refractivity contribution < 1.29 is 158 Å². The van der Waals surface area contributed by atoms with Gasteiger partial charge in [0.25, 0.3) is 0 Å². The predicted octanol–water partition coefficient (Wildman–Crippen LogP) is -10.2. The third kappa shape index (κ3) is 21.0. The lowest BCUT2D eigenvalue weighted by Crippen LogP contribution is -2.45. The Kier molecular flexibility index (Phi) is 28.0. The van der Waals surface area contributed by atoms with Crippen LogP contribution in [0.1, 0.15) is 173 Å². The van der Waals surface area contributed by atoms with Crippen LogP contribution >= 0.6 is 0 Å². The predicted molar refractivity (Wildman–Crippen MR) is 413 cm³/mol. The molecular formula is C92H78N4O32-16. The summed E-state index contributed by atoms with van der Waals surface area (Å²) < 4.78 is 0. The van der Waals surface area contributed by atoms with Crippen LogP contribution in [-0.2, 0) is 150 Å². The number of hydrogen-bond acceptors (Lipinski definition) is 34. The maximum atomic E-state index is 13.2. The Bertz CT molecular complexity index is 5080. The van der Waals surface area contributed by atoms with Crippen LogP contribution in [0.15, 0.2) is 72.8 Å². The molecule has 4 aromatic carbocycles. The number of rotatable bonds is 36. The Labute approximate surface area is 727 Å². The van der Waals surface area contributed by atoms with Crippen molar-refractivity contribution in [3.8, 4) is 44.5 Å². The van der Waals surface area contributed by atoms with Crippen LogP contribution in [0.5, 0.6) is 0 Å². The van der Waals surface area contributed by atoms with E-state index in [-0.39, 0.29) is 22.3 Å². The number of aromatic nitrogens is 4. The second kappa shape index (κ2) is 37.0. The van der Waals surface area contributed by atoms with E-state index >= 15 is 0 Å². The number of nitrogens with zero attached hydrogens (tertiary/aromatic N) is 2. The number of aromatic amines is 2. The van der Waals surface area contributed by atoms with Gasteiger partial charge < -0.3 is 168 Å². The van der Waals surface area contributed by atoms with Gasteiger partial charge in [-0.15, -0.1) is 0 Å². The minimum Gasteiger partial charge on any atom is -0.549 e. The molecule has 2 N–H and O–H groups in total. The quantitative estimate of drug-likeness (QED) is 0.0344. The second-order valence-electron chi connectivity index (χ2n) is 35.3. The molecule has 5 heterocycles. The summed E-state index contributed by atoms with van der Waals surface area (Å²) in [5, 5.41) is 212. The lowest BCUT2D eigenvalue weighted by molar-refractivity contribution is -0.334. The molecule has 8 bridgehead atoms. The first-order valence-corrected chi connectivity index (χ1v) is 39.4. The lowest BCUT2D eigenvalue weighted by atomic mass is 9.78. The number of nitrogens with one attached hydrogen (secondary N) is 2. The summed E-state index contributed by atoms with van der Waals surface area (Å²) in [6, 6.07) is 14.3. The largest absolute Gasteiger partial charge is 0.549 e. The highest BCUT2D eigenvalue weighted by atomic mass is 16.4. The average Bonchev–Trinajstić information content (AvgIpc) is 1.55. The molecule has 3 aromatic heterocycles. The molecule has 0 spiro atoms. The Morgan fingerprint density at radius 1 is 0.219 bits per heavy atom. The van der Waals surface area contributed by atoms with E-state index in [1.807, 2.05) is 0 Å². The van der Waals surface area contributed by atoms with E-state index in [2.05, 4.69) is 9.97 Å². The molecule has 36 heteroatoms. The van der Waals surface area contributed by atoms with Gasteiger partial charge in [-0.2, -0.15) is 0 Å². The van der Waals surface area contributed by atoms with E-state index in [4.69, 9.17) is 9.97 Å².